The highest BCUT2D eigenvalue weighted by Gasteiger charge is 2.19. The smallest absolute Gasteiger partial charge is 0.297 e. The first kappa shape index (κ1) is 13.2. The minimum atomic E-state index is -0.441. The Kier molecular flexibility index (Phi) is 2.90. The fourth-order valence-electron chi connectivity index (χ4n) is 2.54. The molecule has 112 valence electrons. The van der Waals surface area contributed by atoms with E-state index >= 15 is 0 Å². The normalized spacial score (nSPS) is 11.0. The molecule has 0 bridgehead atoms. The molecule has 0 atom stereocenters. The maximum Gasteiger partial charge on any atom is 0.297 e. The standard InChI is InChI=1S/C16H11N5O2/c22-21(23)13-7-1-4-12-14(13)20-16(11-6-3-9-18-11)15(19-12)10-5-2-8-17-10/h1-9,17-18H. The predicted octanol–water partition coefficient (Wildman–Crippen LogP) is 3.53. The monoisotopic (exact) mass is 305 g/mol. The summed E-state index contributed by atoms with van der Waals surface area (Å²) in [5.41, 5.74) is 3.47. The second kappa shape index (κ2) is 5.06. The summed E-state index contributed by atoms with van der Waals surface area (Å²) in [6, 6.07) is 12.2. The number of nitro benzene ring substituents is 1. The van der Waals surface area contributed by atoms with Crippen LogP contribution in [0.1, 0.15) is 0 Å². The predicted molar refractivity (Wildman–Crippen MR) is 85.8 cm³/mol. The number of nitrogens with zero attached hydrogens (tertiary/aromatic N) is 3. The molecule has 3 heterocycles. The fourth-order valence-corrected chi connectivity index (χ4v) is 2.54. The molecule has 0 aliphatic heterocycles. The van der Waals surface area contributed by atoms with Crippen molar-refractivity contribution in [1.82, 2.24) is 19.9 Å². The zero-order valence-corrected chi connectivity index (χ0v) is 11.9. The molecule has 0 amide bonds. The SMILES string of the molecule is O=[N+]([O-])c1cccc2nc(-c3ccc[nH]3)c(-c3ccc[nH]3)nc12. The second-order valence-electron chi connectivity index (χ2n) is 4.99. The number of non-ortho nitro benzene ring substituents is 1. The molecule has 0 aliphatic carbocycles. The van der Waals surface area contributed by atoms with Crippen molar-refractivity contribution in [2.45, 2.75) is 0 Å². The summed E-state index contributed by atoms with van der Waals surface area (Å²) in [5.74, 6) is 0. The fraction of sp³-hybridized carbons (Fsp3) is 0. The first-order chi connectivity index (χ1) is 11.2. The highest BCUT2D eigenvalue weighted by atomic mass is 16.6. The quantitative estimate of drug-likeness (QED) is 0.446. The van der Waals surface area contributed by atoms with E-state index in [-0.39, 0.29) is 11.2 Å². The first-order valence-corrected chi connectivity index (χ1v) is 6.97. The Hall–Kier alpha value is -3.48. The molecule has 0 radical (unpaired) electrons. The van der Waals surface area contributed by atoms with Gasteiger partial charge in [-0.05, 0) is 30.3 Å². The molecule has 7 nitrogen and oxygen atoms in total. The van der Waals surface area contributed by atoms with Crippen molar-refractivity contribution in [1.29, 1.82) is 0 Å². The van der Waals surface area contributed by atoms with E-state index in [0.717, 1.165) is 11.4 Å². The van der Waals surface area contributed by atoms with Crippen molar-refractivity contribution in [2.75, 3.05) is 0 Å². The van der Waals surface area contributed by atoms with E-state index in [4.69, 9.17) is 0 Å². The zero-order chi connectivity index (χ0) is 15.8. The van der Waals surface area contributed by atoms with Gasteiger partial charge >= 0.3 is 0 Å². The summed E-state index contributed by atoms with van der Waals surface area (Å²) in [4.78, 5) is 26.1. The summed E-state index contributed by atoms with van der Waals surface area (Å²) in [6.07, 6.45) is 3.58. The molecule has 3 aromatic heterocycles. The Morgan fingerprint density at radius 3 is 2.09 bits per heavy atom. The van der Waals surface area contributed by atoms with Gasteiger partial charge in [0.15, 0.2) is 5.52 Å². The van der Waals surface area contributed by atoms with Crippen LogP contribution in [0.5, 0.6) is 0 Å². The average Bonchev–Trinajstić information content (AvgIpc) is 3.26. The third-order valence-electron chi connectivity index (χ3n) is 3.58. The Labute approximate surface area is 130 Å². The number of nitro groups is 1. The van der Waals surface area contributed by atoms with Gasteiger partial charge in [0.1, 0.15) is 11.4 Å². The lowest BCUT2D eigenvalue weighted by Gasteiger charge is -2.08. The van der Waals surface area contributed by atoms with E-state index in [1.54, 1.807) is 24.5 Å². The van der Waals surface area contributed by atoms with Crippen LogP contribution >= 0.6 is 0 Å². The van der Waals surface area contributed by atoms with Crippen molar-refractivity contribution in [3.05, 3.63) is 65.0 Å². The molecule has 23 heavy (non-hydrogen) atoms. The second-order valence-corrected chi connectivity index (χ2v) is 4.99. The summed E-state index contributed by atoms with van der Waals surface area (Å²) in [7, 11) is 0. The molecule has 7 heteroatoms. The van der Waals surface area contributed by atoms with Gasteiger partial charge in [0, 0.05) is 18.5 Å². The van der Waals surface area contributed by atoms with Crippen LogP contribution in [0.3, 0.4) is 0 Å². The van der Waals surface area contributed by atoms with Crippen molar-refractivity contribution in [3.63, 3.8) is 0 Å². The lowest BCUT2D eigenvalue weighted by molar-refractivity contribution is -0.383. The summed E-state index contributed by atoms with van der Waals surface area (Å²) in [6.45, 7) is 0. The minimum Gasteiger partial charge on any atom is -0.360 e. The average molecular weight is 305 g/mol. The van der Waals surface area contributed by atoms with Gasteiger partial charge in [0.05, 0.1) is 21.8 Å². The molecule has 0 aliphatic rings. The maximum absolute atomic E-state index is 11.3. The molecular weight excluding hydrogens is 294 g/mol. The molecule has 2 N–H and O–H groups in total. The van der Waals surface area contributed by atoms with Crippen LogP contribution in [0.4, 0.5) is 5.69 Å². The van der Waals surface area contributed by atoms with E-state index in [2.05, 4.69) is 19.9 Å². The lowest BCUT2D eigenvalue weighted by atomic mass is 10.1. The van der Waals surface area contributed by atoms with Gasteiger partial charge in [0.25, 0.3) is 5.69 Å². The number of fused-ring (bicyclic) bond motifs is 1. The van der Waals surface area contributed by atoms with Gasteiger partial charge in [-0.3, -0.25) is 10.1 Å². The van der Waals surface area contributed by atoms with Crippen molar-refractivity contribution in [2.24, 2.45) is 0 Å². The Balaban J connectivity index is 2.08. The molecule has 0 unspecified atom stereocenters. The van der Waals surface area contributed by atoms with E-state index in [9.17, 15) is 10.1 Å². The number of aromatic nitrogens is 4. The maximum atomic E-state index is 11.3. The number of rotatable bonds is 3. The Morgan fingerprint density at radius 1 is 0.870 bits per heavy atom. The summed E-state index contributed by atoms with van der Waals surface area (Å²) >= 11 is 0. The molecular formula is C16H11N5O2. The van der Waals surface area contributed by atoms with Crippen LogP contribution in [-0.2, 0) is 0 Å². The van der Waals surface area contributed by atoms with Crippen LogP contribution < -0.4 is 0 Å². The van der Waals surface area contributed by atoms with Crippen LogP contribution in [0.15, 0.2) is 54.9 Å². The Bertz CT molecular complexity index is 991. The highest BCUT2D eigenvalue weighted by Crippen LogP contribution is 2.31. The number of hydrogen-bond donors (Lipinski definition) is 2. The van der Waals surface area contributed by atoms with Crippen LogP contribution in [-0.4, -0.2) is 24.9 Å². The summed E-state index contributed by atoms with van der Waals surface area (Å²) < 4.78 is 0. The lowest BCUT2D eigenvalue weighted by Crippen LogP contribution is -1.98. The number of benzene rings is 1. The molecule has 0 fully saturated rings. The van der Waals surface area contributed by atoms with Gasteiger partial charge in [-0.2, -0.15) is 0 Å². The molecule has 4 aromatic rings. The van der Waals surface area contributed by atoms with Crippen molar-refractivity contribution >= 4 is 16.7 Å². The van der Waals surface area contributed by atoms with E-state index in [1.807, 2.05) is 24.3 Å². The third kappa shape index (κ3) is 2.15. The van der Waals surface area contributed by atoms with E-state index < -0.39 is 4.92 Å². The molecule has 1 aromatic carbocycles. The number of hydrogen-bond acceptors (Lipinski definition) is 4. The van der Waals surface area contributed by atoms with Crippen molar-refractivity contribution < 1.29 is 4.92 Å². The molecule has 0 saturated heterocycles. The number of H-pyrrole nitrogens is 2. The van der Waals surface area contributed by atoms with Gasteiger partial charge in [0.2, 0.25) is 0 Å². The van der Waals surface area contributed by atoms with Crippen molar-refractivity contribution in [3.8, 4) is 22.8 Å². The van der Waals surface area contributed by atoms with Gasteiger partial charge < -0.3 is 9.97 Å². The summed E-state index contributed by atoms with van der Waals surface area (Å²) in [5, 5.41) is 11.3. The molecule has 0 saturated carbocycles. The largest absolute Gasteiger partial charge is 0.360 e. The minimum absolute atomic E-state index is 0.0548. The van der Waals surface area contributed by atoms with Crippen LogP contribution in [0, 0.1) is 10.1 Å². The third-order valence-corrected chi connectivity index (χ3v) is 3.58. The number of nitrogens with one attached hydrogen (secondary N) is 2. The Morgan fingerprint density at radius 2 is 1.52 bits per heavy atom. The molecule has 0 spiro atoms. The van der Waals surface area contributed by atoms with Crippen LogP contribution in [0.25, 0.3) is 33.8 Å². The number of aromatic amines is 2. The molecule has 4 rings (SSSR count). The van der Waals surface area contributed by atoms with E-state index in [0.29, 0.717) is 16.9 Å². The van der Waals surface area contributed by atoms with Gasteiger partial charge in [-0.25, -0.2) is 9.97 Å². The van der Waals surface area contributed by atoms with Gasteiger partial charge in [-0.15, -0.1) is 0 Å². The highest BCUT2D eigenvalue weighted by molar-refractivity contribution is 5.89. The zero-order valence-electron chi connectivity index (χ0n) is 11.9. The first-order valence-electron chi connectivity index (χ1n) is 6.97. The topological polar surface area (TPSA) is 100 Å². The van der Waals surface area contributed by atoms with Gasteiger partial charge in [-0.1, -0.05) is 6.07 Å². The van der Waals surface area contributed by atoms with E-state index in [1.165, 1.54) is 6.07 Å². The van der Waals surface area contributed by atoms with Crippen LogP contribution in [0.2, 0.25) is 0 Å². The number of para-hydroxylation sites is 1.